The third-order valence-corrected chi connectivity index (χ3v) is 7.97. The van der Waals surface area contributed by atoms with Crippen molar-refractivity contribution in [3.8, 4) is 0 Å². The lowest BCUT2D eigenvalue weighted by molar-refractivity contribution is -0.135. The van der Waals surface area contributed by atoms with Crippen LogP contribution < -0.4 is 11.1 Å². The summed E-state index contributed by atoms with van der Waals surface area (Å²) in [5, 5.41) is 16.0. The smallest absolute Gasteiger partial charge is 0.224 e. The maximum absolute atomic E-state index is 13.2. The number of likely N-dealkylation sites (tertiary alicyclic amines) is 1. The van der Waals surface area contributed by atoms with Gasteiger partial charge in [0.25, 0.3) is 0 Å². The number of hydrogen-bond donors (Lipinski definition) is 3. The molecule has 2 saturated carbocycles. The van der Waals surface area contributed by atoms with E-state index in [-0.39, 0.29) is 35.4 Å². The fourth-order valence-corrected chi connectivity index (χ4v) is 6.29. The Labute approximate surface area is 194 Å². The van der Waals surface area contributed by atoms with Crippen molar-refractivity contribution in [2.75, 3.05) is 26.2 Å². The summed E-state index contributed by atoms with van der Waals surface area (Å²) in [7, 11) is 0. The van der Waals surface area contributed by atoms with Gasteiger partial charge < -0.3 is 21.2 Å². The standard InChI is InChI=1S/C25H35FN4O3/c26-20-7-5-16(6-8-20)23(29-33)17-9-13-30(14-10-17)12-2-1-11-28-25(32)22-19-4-3-18(15-19)21(22)24(27)31/h5-8,17-19,21-22,33H,1-4,9-15H2,(H2,27,31)(H,28,32). The Bertz CT molecular complexity index is 867. The van der Waals surface area contributed by atoms with Gasteiger partial charge in [-0.2, -0.15) is 0 Å². The molecule has 4 N–H and O–H groups in total. The molecule has 1 heterocycles. The van der Waals surface area contributed by atoms with Crippen LogP contribution in [-0.4, -0.2) is 53.8 Å². The average Bonchev–Trinajstić information content (AvgIpc) is 3.43. The minimum atomic E-state index is -0.320. The predicted octanol–water partition coefficient (Wildman–Crippen LogP) is 2.76. The molecule has 1 aromatic carbocycles. The molecule has 8 heteroatoms. The molecule has 0 spiro atoms. The molecule has 3 aliphatic rings. The number of hydrogen-bond acceptors (Lipinski definition) is 5. The molecular formula is C25H35FN4O3. The van der Waals surface area contributed by atoms with E-state index in [0.29, 0.717) is 24.1 Å². The first-order valence-corrected chi connectivity index (χ1v) is 12.2. The van der Waals surface area contributed by atoms with Crippen molar-refractivity contribution in [3.63, 3.8) is 0 Å². The lowest BCUT2D eigenvalue weighted by atomic mass is 9.78. The molecule has 0 radical (unpaired) electrons. The lowest BCUT2D eigenvalue weighted by Crippen LogP contribution is -2.43. The van der Waals surface area contributed by atoms with Crippen LogP contribution in [0.25, 0.3) is 0 Å². The van der Waals surface area contributed by atoms with Crippen molar-refractivity contribution >= 4 is 17.5 Å². The Morgan fingerprint density at radius 3 is 2.36 bits per heavy atom. The fraction of sp³-hybridized carbons (Fsp3) is 0.640. The predicted molar refractivity (Wildman–Crippen MR) is 123 cm³/mol. The van der Waals surface area contributed by atoms with E-state index < -0.39 is 0 Å². The number of halogens is 1. The molecule has 3 fully saturated rings. The summed E-state index contributed by atoms with van der Waals surface area (Å²) in [6, 6.07) is 6.10. The Morgan fingerprint density at radius 1 is 1.06 bits per heavy atom. The van der Waals surface area contributed by atoms with Gasteiger partial charge in [0.1, 0.15) is 5.82 Å². The first-order valence-electron chi connectivity index (χ1n) is 12.2. The molecule has 1 aromatic rings. The second-order valence-electron chi connectivity index (χ2n) is 9.89. The van der Waals surface area contributed by atoms with E-state index >= 15 is 0 Å². The Hall–Kier alpha value is -2.48. The highest BCUT2D eigenvalue weighted by Gasteiger charge is 2.53. The quantitative estimate of drug-likeness (QED) is 0.229. The van der Waals surface area contributed by atoms with Crippen LogP contribution in [0.3, 0.4) is 0 Å². The summed E-state index contributed by atoms with van der Waals surface area (Å²) >= 11 is 0. The van der Waals surface area contributed by atoms with Crippen LogP contribution in [0.15, 0.2) is 29.4 Å². The molecule has 33 heavy (non-hydrogen) atoms. The van der Waals surface area contributed by atoms with Crippen molar-refractivity contribution < 1.29 is 19.2 Å². The molecule has 4 rings (SSSR count). The Kier molecular flexibility index (Phi) is 7.63. The molecule has 1 aliphatic heterocycles. The monoisotopic (exact) mass is 458 g/mol. The molecule has 180 valence electrons. The van der Waals surface area contributed by atoms with Crippen LogP contribution in [0.1, 0.15) is 50.5 Å². The number of piperidine rings is 1. The highest BCUT2D eigenvalue weighted by molar-refractivity contribution is 6.01. The maximum atomic E-state index is 13.2. The van der Waals surface area contributed by atoms with Crippen molar-refractivity contribution in [1.82, 2.24) is 10.2 Å². The van der Waals surface area contributed by atoms with Crippen molar-refractivity contribution in [2.45, 2.75) is 44.9 Å². The van der Waals surface area contributed by atoms with Gasteiger partial charge in [-0.1, -0.05) is 17.3 Å². The molecule has 7 nitrogen and oxygen atoms in total. The van der Waals surface area contributed by atoms with Crippen molar-refractivity contribution in [2.24, 2.45) is 40.5 Å². The molecule has 0 aromatic heterocycles. The van der Waals surface area contributed by atoms with E-state index in [1.54, 1.807) is 12.1 Å². The molecule has 2 bridgehead atoms. The van der Waals surface area contributed by atoms with Crippen molar-refractivity contribution in [1.29, 1.82) is 0 Å². The van der Waals surface area contributed by atoms with Crippen LogP contribution in [0.5, 0.6) is 0 Å². The van der Waals surface area contributed by atoms with Crippen LogP contribution in [0, 0.1) is 35.4 Å². The van der Waals surface area contributed by atoms with Gasteiger partial charge in [-0.05, 0) is 94.1 Å². The third kappa shape index (κ3) is 5.37. The zero-order chi connectivity index (χ0) is 23.4. The summed E-state index contributed by atoms with van der Waals surface area (Å²) in [6.07, 6.45) is 6.69. The van der Waals surface area contributed by atoms with Gasteiger partial charge in [-0.15, -0.1) is 0 Å². The zero-order valence-corrected chi connectivity index (χ0v) is 19.1. The summed E-state index contributed by atoms with van der Waals surface area (Å²) < 4.78 is 13.2. The van der Waals surface area contributed by atoms with E-state index in [0.717, 1.165) is 70.1 Å². The topological polar surface area (TPSA) is 108 Å². The molecule has 4 unspecified atom stereocenters. The van der Waals surface area contributed by atoms with E-state index in [1.807, 2.05) is 0 Å². The second kappa shape index (κ2) is 10.6. The van der Waals surface area contributed by atoms with Gasteiger partial charge in [0, 0.05) is 12.5 Å². The summed E-state index contributed by atoms with van der Waals surface area (Å²) in [4.78, 5) is 26.9. The zero-order valence-electron chi connectivity index (χ0n) is 19.1. The Morgan fingerprint density at radius 2 is 1.73 bits per heavy atom. The van der Waals surface area contributed by atoms with Gasteiger partial charge >= 0.3 is 0 Å². The second-order valence-corrected chi connectivity index (χ2v) is 9.89. The minimum absolute atomic E-state index is 0.00317. The summed E-state index contributed by atoms with van der Waals surface area (Å²) in [6.45, 7) is 3.43. The highest BCUT2D eigenvalue weighted by Crippen LogP contribution is 2.52. The van der Waals surface area contributed by atoms with E-state index in [4.69, 9.17) is 5.73 Å². The van der Waals surface area contributed by atoms with Crippen molar-refractivity contribution in [3.05, 3.63) is 35.6 Å². The first-order chi connectivity index (χ1) is 16.0. The van der Waals surface area contributed by atoms with E-state index in [1.165, 1.54) is 12.1 Å². The minimum Gasteiger partial charge on any atom is -0.411 e. The number of carbonyl (C=O) groups excluding carboxylic acids is 2. The molecule has 1 saturated heterocycles. The molecule has 4 atom stereocenters. The number of unbranched alkanes of at least 4 members (excludes halogenated alkanes) is 1. The molecular weight excluding hydrogens is 423 g/mol. The van der Waals surface area contributed by atoms with Gasteiger partial charge in [-0.3, -0.25) is 9.59 Å². The largest absolute Gasteiger partial charge is 0.411 e. The molecule has 2 amide bonds. The number of nitrogens with zero attached hydrogens (tertiary/aromatic N) is 2. The van der Waals surface area contributed by atoms with Crippen LogP contribution in [0.2, 0.25) is 0 Å². The van der Waals surface area contributed by atoms with E-state index in [2.05, 4.69) is 15.4 Å². The normalized spacial score (nSPS) is 28.2. The van der Waals surface area contributed by atoms with Crippen LogP contribution >= 0.6 is 0 Å². The number of benzene rings is 1. The van der Waals surface area contributed by atoms with Gasteiger partial charge in [0.2, 0.25) is 11.8 Å². The first kappa shape index (κ1) is 23.7. The number of oxime groups is 1. The summed E-state index contributed by atoms with van der Waals surface area (Å²) in [5.41, 5.74) is 6.98. The Balaban J connectivity index is 1.14. The number of amides is 2. The number of fused-ring (bicyclic) bond motifs is 2. The lowest BCUT2D eigenvalue weighted by Gasteiger charge is -2.32. The number of carbonyl (C=O) groups is 2. The summed E-state index contributed by atoms with van der Waals surface area (Å²) in [5.74, 6) is -0.359. The van der Waals surface area contributed by atoms with Gasteiger partial charge in [0.05, 0.1) is 17.5 Å². The molecule has 2 aliphatic carbocycles. The number of nitrogens with one attached hydrogen (secondary N) is 1. The van der Waals surface area contributed by atoms with Gasteiger partial charge in [-0.25, -0.2) is 4.39 Å². The average molecular weight is 459 g/mol. The SMILES string of the molecule is NC(=O)C1C2CCC(C2)C1C(=O)NCCCCN1CCC(C(=NO)c2ccc(F)cc2)CC1. The fourth-order valence-electron chi connectivity index (χ4n) is 6.29. The number of primary amides is 1. The van der Waals surface area contributed by atoms with Gasteiger partial charge in [0.15, 0.2) is 0 Å². The van der Waals surface area contributed by atoms with Crippen LogP contribution in [0.4, 0.5) is 4.39 Å². The van der Waals surface area contributed by atoms with E-state index in [9.17, 15) is 19.2 Å². The van der Waals surface area contributed by atoms with Crippen LogP contribution in [-0.2, 0) is 9.59 Å². The highest BCUT2D eigenvalue weighted by atomic mass is 19.1. The third-order valence-electron chi connectivity index (χ3n) is 7.97. The number of rotatable bonds is 9. The number of nitrogens with two attached hydrogens (primary N) is 1. The maximum Gasteiger partial charge on any atom is 0.224 e.